The normalized spacial score (nSPS) is 10.3. The fourth-order valence-electron chi connectivity index (χ4n) is 1.74. The molecule has 0 radical (unpaired) electrons. The summed E-state index contributed by atoms with van der Waals surface area (Å²) in [7, 11) is 1.67. The number of hydrogen-bond acceptors (Lipinski definition) is 6. The summed E-state index contributed by atoms with van der Waals surface area (Å²) in [5.74, 6) is 1.68. The average Bonchev–Trinajstić information content (AvgIpc) is 2.50. The number of hydrogen-bond donors (Lipinski definition) is 1. The minimum Gasteiger partial charge on any atom is -0.497 e. The highest BCUT2D eigenvalue weighted by Crippen LogP contribution is 2.14. The molecule has 0 atom stereocenters. The minimum atomic E-state index is 0.683. The number of nitrogens with zero attached hydrogens (tertiary/aromatic N) is 3. The Morgan fingerprint density at radius 2 is 1.95 bits per heavy atom. The molecule has 2 aromatic rings. The van der Waals surface area contributed by atoms with Gasteiger partial charge in [0.1, 0.15) is 11.4 Å². The van der Waals surface area contributed by atoms with Crippen molar-refractivity contribution in [2.45, 2.75) is 18.5 Å². The predicted octanol–water partition coefficient (Wildman–Crippen LogP) is 2.57. The second kappa shape index (κ2) is 7.09. The van der Waals surface area contributed by atoms with E-state index in [0.717, 1.165) is 30.2 Å². The summed E-state index contributed by atoms with van der Waals surface area (Å²) in [6.07, 6.45) is 2.86. The molecule has 106 valence electrons. The quantitative estimate of drug-likeness (QED) is 0.825. The van der Waals surface area contributed by atoms with Crippen LogP contribution in [0.1, 0.15) is 11.3 Å². The zero-order valence-electron chi connectivity index (χ0n) is 11.9. The van der Waals surface area contributed by atoms with Crippen LogP contribution in [0.5, 0.6) is 5.75 Å². The number of rotatable bonds is 6. The van der Waals surface area contributed by atoms with Gasteiger partial charge in [0, 0.05) is 6.54 Å². The first-order valence-electron chi connectivity index (χ1n) is 6.35. The lowest BCUT2D eigenvalue weighted by Crippen LogP contribution is -2.10. The van der Waals surface area contributed by atoms with Crippen LogP contribution in [0.3, 0.4) is 0 Å². The summed E-state index contributed by atoms with van der Waals surface area (Å²) in [6, 6.07) is 8.08. The monoisotopic (exact) mass is 290 g/mol. The van der Waals surface area contributed by atoms with E-state index in [4.69, 9.17) is 4.74 Å². The van der Waals surface area contributed by atoms with Crippen molar-refractivity contribution in [3.8, 4) is 5.75 Å². The minimum absolute atomic E-state index is 0.683. The number of aryl methyl sites for hydroxylation is 1. The third kappa shape index (κ3) is 3.84. The van der Waals surface area contributed by atoms with Gasteiger partial charge in [-0.15, -0.1) is 10.2 Å². The highest BCUT2D eigenvalue weighted by molar-refractivity contribution is 7.98. The molecule has 0 fully saturated rings. The van der Waals surface area contributed by atoms with Crippen LogP contribution in [0.25, 0.3) is 0 Å². The van der Waals surface area contributed by atoms with Crippen molar-refractivity contribution < 1.29 is 4.74 Å². The largest absolute Gasteiger partial charge is 0.497 e. The van der Waals surface area contributed by atoms with Crippen molar-refractivity contribution in [2.24, 2.45) is 0 Å². The lowest BCUT2D eigenvalue weighted by molar-refractivity contribution is 0.414. The molecule has 6 heteroatoms. The van der Waals surface area contributed by atoms with Crippen LogP contribution in [-0.4, -0.2) is 35.1 Å². The maximum atomic E-state index is 5.14. The number of thioether (sulfide) groups is 1. The van der Waals surface area contributed by atoms with E-state index >= 15 is 0 Å². The van der Waals surface area contributed by atoms with Gasteiger partial charge in [-0.1, -0.05) is 23.9 Å². The highest BCUT2D eigenvalue weighted by atomic mass is 32.2. The van der Waals surface area contributed by atoms with E-state index in [1.807, 2.05) is 25.3 Å². The molecule has 5 nitrogen and oxygen atoms in total. The molecule has 2 rings (SSSR count). The van der Waals surface area contributed by atoms with Gasteiger partial charge >= 0.3 is 0 Å². The lowest BCUT2D eigenvalue weighted by atomic mass is 10.1. The Kier molecular flexibility index (Phi) is 5.17. The maximum Gasteiger partial charge on any atom is 0.210 e. The standard InChI is InChI=1S/C14H18N4OS/c1-10-13(16-14(20-3)18-17-10)15-9-8-11-4-6-12(19-2)7-5-11/h4-7H,8-9H2,1-3H3,(H,15,16,18). The number of nitrogens with one attached hydrogen (secondary N) is 1. The van der Waals surface area contributed by atoms with Crippen molar-refractivity contribution in [3.63, 3.8) is 0 Å². The van der Waals surface area contributed by atoms with Gasteiger partial charge in [0.15, 0.2) is 5.82 Å². The Balaban J connectivity index is 1.91. The van der Waals surface area contributed by atoms with E-state index in [1.54, 1.807) is 7.11 Å². The van der Waals surface area contributed by atoms with E-state index in [-0.39, 0.29) is 0 Å². The van der Waals surface area contributed by atoms with E-state index in [9.17, 15) is 0 Å². The van der Waals surface area contributed by atoms with E-state index in [2.05, 4.69) is 32.6 Å². The molecule has 0 aliphatic rings. The first-order valence-corrected chi connectivity index (χ1v) is 7.57. The van der Waals surface area contributed by atoms with Crippen LogP contribution in [0.4, 0.5) is 5.82 Å². The zero-order valence-corrected chi connectivity index (χ0v) is 12.7. The number of methoxy groups -OCH3 is 1. The van der Waals surface area contributed by atoms with Gasteiger partial charge in [0.25, 0.3) is 0 Å². The van der Waals surface area contributed by atoms with E-state index in [1.165, 1.54) is 17.3 Å². The third-order valence-electron chi connectivity index (χ3n) is 2.88. The molecule has 0 aliphatic carbocycles. The van der Waals surface area contributed by atoms with Crippen molar-refractivity contribution in [3.05, 3.63) is 35.5 Å². The topological polar surface area (TPSA) is 59.9 Å². The van der Waals surface area contributed by atoms with Crippen molar-refractivity contribution in [1.82, 2.24) is 15.2 Å². The van der Waals surface area contributed by atoms with Crippen LogP contribution >= 0.6 is 11.8 Å². The summed E-state index contributed by atoms with van der Waals surface area (Å²) in [4.78, 5) is 4.41. The van der Waals surface area contributed by atoms with Gasteiger partial charge in [-0.3, -0.25) is 0 Å². The van der Waals surface area contributed by atoms with E-state index in [0.29, 0.717) is 5.16 Å². The molecule has 0 bridgehead atoms. The summed E-state index contributed by atoms with van der Waals surface area (Å²) < 4.78 is 5.14. The van der Waals surface area contributed by atoms with Crippen LogP contribution in [-0.2, 0) is 6.42 Å². The van der Waals surface area contributed by atoms with Crippen LogP contribution in [0, 0.1) is 6.92 Å². The molecule has 0 unspecified atom stereocenters. The molecule has 20 heavy (non-hydrogen) atoms. The second-order valence-electron chi connectivity index (χ2n) is 4.26. The molecule has 1 N–H and O–H groups in total. The lowest BCUT2D eigenvalue weighted by Gasteiger charge is -2.08. The second-order valence-corrected chi connectivity index (χ2v) is 5.03. The zero-order chi connectivity index (χ0) is 14.4. The van der Waals surface area contributed by atoms with Crippen molar-refractivity contribution >= 4 is 17.6 Å². The van der Waals surface area contributed by atoms with Gasteiger partial charge in [0.2, 0.25) is 5.16 Å². The predicted molar refractivity (Wildman–Crippen MR) is 81.5 cm³/mol. The van der Waals surface area contributed by atoms with Crippen LogP contribution in [0.15, 0.2) is 29.4 Å². The molecular formula is C14H18N4OS. The third-order valence-corrected chi connectivity index (χ3v) is 3.42. The summed E-state index contributed by atoms with van der Waals surface area (Å²) in [5.41, 5.74) is 2.07. The Hall–Kier alpha value is -1.82. The number of anilines is 1. The molecule has 1 aromatic carbocycles. The fraction of sp³-hybridized carbons (Fsp3) is 0.357. The van der Waals surface area contributed by atoms with Crippen LogP contribution < -0.4 is 10.1 Å². The molecular weight excluding hydrogens is 272 g/mol. The Bertz CT molecular complexity index is 560. The van der Waals surface area contributed by atoms with Crippen molar-refractivity contribution in [2.75, 3.05) is 25.2 Å². The summed E-state index contributed by atoms with van der Waals surface area (Å²) >= 11 is 1.49. The average molecular weight is 290 g/mol. The van der Waals surface area contributed by atoms with Gasteiger partial charge in [-0.2, -0.15) is 0 Å². The van der Waals surface area contributed by atoms with E-state index < -0.39 is 0 Å². The maximum absolute atomic E-state index is 5.14. The van der Waals surface area contributed by atoms with Gasteiger partial charge in [-0.05, 0) is 37.3 Å². The fourth-order valence-corrected chi connectivity index (χ4v) is 2.04. The molecule has 0 saturated carbocycles. The summed E-state index contributed by atoms with van der Waals surface area (Å²) in [5, 5.41) is 12.1. The summed E-state index contributed by atoms with van der Waals surface area (Å²) in [6.45, 7) is 2.71. The molecule has 0 saturated heterocycles. The highest BCUT2D eigenvalue weighted by Gasteiger charge is 2.04. The van der Waals surface area contributed by atoms with Gasteiger partial charge in [0.05, 0.1) is 7.11 Å². The van der Waals surface area contributed by atoms with Gasteiger partial charge < -0.3 is 10.1 Å². The first-order chi connectivity index (χ1) is 9.72. The number of benzene rings is 1. The molecule has 0 aliphatic heterocycles. The molecule has 0 spiro atoms. The Labute approximate surface area is 123 Å². The van der Waals surface area contributed by atoms with Crippen molar-refractivity contribution in [1.29, 1.82) is 0 Å². The Morgan fingerprint density at radius 3 is 2.60 bits per heavy atom. The molecule has 1 heterocycles. The number of ether oxygens (including phenoxy) is 1. The smallest absolute Gasteiger partial charge is 0.210 e. The first kappa shape index (κ1) is 14.6. The number of aromatic nitrogens is 3. The van der Waals surface area contributed by atoms with Gasteiger partial charge in [-0.25, -0.2) is 4.98 Å². The molecule has 0 amide bonds. The molecule has 1 aromatic heterocycles. The SMILES string of the molecule is COc1ccc(CCNc2nc(SC)nnc2C)cc1. The van der Waals surface area contributed by atoms with Crippen LogP contribution in [0.2, 0.25) is 0 Å². The Morgan fingerprint density at radius 1 is 1.20 bits per heavy atom.